The molecule has 0 aliphatic heterocycles. The van der Waals surface area contributed by atoms with E-state index in [4.69, 9.17) is 16.3 Å². The Morgan fingerprint density at radius 2 is 1.88 bits per heavy atom. The average Bonchev–Trinajstić information content (AvgIpc) is 2.51. The SMILES string of the molecule is Cc1cc(C)c(OCc2c(Cl)cccc2NC(=O)OCF)cc1C. The van der Waals surface area contributed by atoms with Gasteiger partial charge in [-0.1, -0.05) is 23.7 Å². The Morgan fingerprint density at radius 1 is 1.17 bits per heavy atom. The van der Waals surface area contributed by atoms with Gasteiger partial charge >= 0.3 is 6.09 Å². The molecule has 0 aromatic heterocycles. The monoisotopic (exact) mass is 351 g/mol. The van der Waals surface area contributed by atoms with Crippen LogP contribution in [-0.2, 0) is 11.3 Å². The number of ether oxygens (including phenoxy) is 2. The summed E-state index contributed by atoms with van der Waals surface area (Å²) in [5.74, 6) is 0.746. The average molecular weight is 352 g/mol. The summed E-state index contributed by atoms with van der Waals surface area (Å²) in [6.07, 6.45) is -0.886. The molecule has 2 aromatic carbocycles. The van der Waals surface area contributed by atoms with E-state index in [-0.39, 0.29) is 6.61 Å². The molecule has 0 saturated heterocycles. The fourth-order valence-corrected chi connectivity index (χ4v) is 2.49. The molecule has 2 aromatic rings. The molecular weight excluding hydrogens is 333 g/mol. The molecule has 4 nitrogen and oxygen atoms in total. The third-order valence-corrected chi connectivity index (χ3v) is 4.06. The van der Waals surface area contributed by atoms with Gasteiger partial charge in [-0.05, 0) is 55.7 Å². The minimum atomic E-state index is -1.19. The smallest absolute Gasteiger partial charge is 0.413 e. The molecule has 6 heteroatoms. The first kappa shape index (κ1) is 18.1. The van der Waals surface area contributed by atoms with Crippen LogP contribution >= 0.6 is 11.6 Å². The lowest BCUT2D eigenvalue weighted by Crippen LogP contribution is -2.15. The van der Waals surface area contributed by atoms with E-state index in [0.29, 0.717) is 16.3 Å². The zero-order valence-electron chi connectivity index (χ0n) is 13.8. The lowest BCUT2D eigenvalue weighted by molar-refractivity contribution is 0.111. The highest BCUT2D eigenvalue weighted by Crippen LogP contribution is 2.28. The number of nitrogens with one attached hydrogen (secondary N) is 1. The molecule has 128 valence electrons. The number of hydrogen-bond donors (Lipinski definition) is 1. The van der Waals surface area contributed by atoms with Gasteiger partial charge in [0.25, 0.3) is 0 Å². The van der Waals surface area contributed by atoms with Crippen molar-refractivity contribution in [2.24, 2.45) is 0 Å². The topological polar surface area (TPSA) is 47.6 Å². The number of rotatable bonds is 5. The lowest BCUT2D eigenvalue weighted by atomic mass is 10.1. The summed E-state index contributed by atoms with van der Waals surface area (Å²) in [4.78, 5) is 11.4. The van der Waals surface area contributed by atoms with Crippen LogP contribution in [0.1, 0.15) is 22.3 Å². The summed E-state index contributed by atoms with van der Waals surface area (Å²) < 4.78 is 22.2. The van der Waals surface area contributed by atoms with Gasteiger partial charge in [0.1, 0.15) is 12.4 Å². The largest absolute Gasteiger partial charge is 0.488 e. The van der Waals surface area contributed by atoms with Crippen molar-refractivity contribution < 1.29 is 18.7 Å². The standard InChI is InChI=1S/C18H19ClFNO3/c1-11-7-13(3)17(8-12(11)2)23-9-14-15(19)5-4-6-16(14)21-18(22)24-10-20/h4-8H,9-10H2,1-3H3,(H,21,22). The predicted molar refractivity (Wildman–Crippen MR) is 92.5 cm³/mol. The van der Waals surface area contributed by atoms with E-state index in [9.17, 15) is 9.18 Å². The Hall–Kier alpha value is -2.27. The van der Waals surface area contributed by atoms with E-state index in [2.05, 4.69) is 16.1 Å². The van der Waals surface area contributed by atoms with Gasteiger partial charge in [0, 0.05) is 10.6 Å². The van der Waals surface area contributed by atoms with Crippen molar-refractivity contribution in [2.45, 2.75) is 27.4 Å². The number of alkyl halides is 1. The first-order valence-electron chi connectivity index (χ1n) is 7.40. The molecule has 1 amide bonds. The van der Waals surface area contributed by atoms with E-state index >= 15 is 0 Å². The highest BCUT2D eigenvalue weighted by molar-refractivity contribution is 6.31. The van der Waals surface area contributed by atoms with Crippen LogP contribution in [-0.4, -0.2) is 13.0 Å². The van der Waals surface area contributed by atoms with Crippen LogP contribution in [0.3, 0.4) is 0 Å². The Balaban J connectivity index is 2.20. The van der Waals surface area contributed by atoms with Crippen molar-refractivity contribution in [3.63, 3.8) is 0 Å². The van der Waals surface area contributed by atoms with Gasteiger partial charge in [-0.2, -0.15) is 0 Å². The zero-order chi connectivity index (χ0) is 17.7. The second-order valence-electron chi connectivity index (χ2n) is 5.42. The van der Waals surface area contributed by atoms with E-state index in [1.165, 1.54) is 5.56 Å². The van der Waals surface area contributed by atoms with Gasteiger partial charge in [-0.25, -0.2) is 9.18 Å². The number of amides is 1. The Bertz CT molecular complexity index is 749. The second-order valence-corrected chi connectivity index (χ2v) is 5.83. The summed E-state index contributed by atoms with van der Waals surface area (Å²) in [7, 11) is 0. The molecule has 0 unspecified atom stereocenters. The van der Waals surface area contributed by atoms with Crippen molar-refractivity contribution in [1.29, 1.82) is 0 Å². The first-order valence-corrected chi connectivity index (χ1v) is 7.78. The second kappa shape index (κ2) is 8.02. The van der Waals surface area contributed by atoms with Crippen LogP contribution in [0.15, 0.2) is 30.3 Å². The number of anilines is 1. The quantitative estimate of drug-likeness (QED) is 0.793. The van der Waals surface area contributed by atoms with Crippen LogP contribution in [0, 0.1) is 20.8 Å². The first-order chi connectivity index (χ1) is 11.4. The third-order valence-electron chi connectivity index (χ3n) is 3.70. The minimum Gasteiger partial charge on any atom is -0.488 e. The predicted octanol–water partition coefficient (Wildman–Crippen LogP) is 5.32. The molecule has 2 rings (SSSR count). The molecular formula is C18H19ClFNO3. The van der Waals surface area contributed by atoms with Gasteiger partial charge in [0.2, 0.25) is 6.86 Å². The Morgan fingerprint density at radius 3 is 2.58 bits per heavy atom. The van der Waals surface area contributed by atoms with Crippen LogP contribution in [0.5, 0.6) is 5.75 Å². The fourth-order valence-electron chi connectivity index (χ4n) is 2.26. The van der Waals surface area contributed by atoms with Gasteiger partial charge in [-0.15, -0.1) is 0 Å². The molecule has 0 atom stereocenters. The van der Waals surface area contributed by atoms with Crippen LogP contribution in [0.4, 0.5) is 14.9 Å². The molecule has 24 heavy (non-hydrogen) atoms. The molecule has 0 spiro atoms. The maximum Gasteiger partial charge on any atom is 0.413 e. The molecule has 0 aliphatic carbocycles. The third kappa shape index (κ3) is 4.38. The minimum absolute atomic E-state index is 0.161. The summed E-state index contributed by atoms with van der Waals surface area (Å²) in [5.41, 5.74) is 4.33. The normalized spacial score (nSPS) is 10.4. The van der Waals surface area contributed by atoms with E-state index in [1.54, 1.807) is 18.2 Å². The van der Waals surface area contributed by atoms with Crippen molar-refractivity contribution in [3.05, 3.63) is 57.6 Å². The molecule has 0 aliphatic rings. The number of carbonyl (C=O) groups excluding carboxylic acids is 1. The molecule has 0 saturated carbocycles. The highest BCUT2D eigenvalue weighted by atomic mass is 35.5. The highest BCUT2D eigenvalue weighted by Gasteiger charge is 2.12. The molecule has 0 radical (unpaired) electrons. The van der Waals surface area contributed by atoms with Crippen molar-refractivity contribution in [2.75, 3.05) is 12.2 Å². The number of hydrogen-bond acceptors (Lipinski definition) is 3. The number of carbonyl (C=O) groups is 1. The van der Waals surface area contributed by atoms with Crippen molar-refractivity contribution >= 4 is 23.4 Å². The lowest BCUT2D eigenvalue weighted by Gasteiger charge is -2.15. The van der Waals surface area contributed by atoms with E-state index in [0.717, 1.165) is 16.9 Å². The summed E-state index contributed by atoms with van der Waals surface area (Å²) in [5, 5.41) is 2.90. The maximum absolute atomic E-state index is 12.1. The fraction of sp³-hybridized carbons (Fsp3) is 0.278. The van der Waals surface area contributed by atoms with Crippen LogP contribution in [0.25, 0.3) is 0 Å². The molecule has 0 bridgehead atoms. The maximum atomic E-state index is 12.1. The van der Waals surface area contributed by atoms with Crippen LogP contribution < -0.4 is 10.1 Å². The molecule has 0 heterocycles. The van der Waals surface area contributed by atoms with Gasteiger partial charge in [0.05, 0.1) is 5.69 Å². The van der Waals surface area contributed by atoms with Crippen molar-refractivity contribution in [3.8, 4) is 5.75 Å². The molecule has 0 fully saturated rings. The van der Waals surface area contributed by atoms with Crippen LogP contribution in [0.2, 0.25) is 5.02 Å². The summed E-state index contributed by atoms with van der Waals surface area (Å²) >= 11 is 6.21. The van der Waals surface area contributed by atoms with Gasteiger partial charge in [-0.3, -0.25) is 5.32 Å². The number of benzene rings is 2. The summed E-state index contributed by atoms with van der Waals surface area (Å²) in [6, 6.07) is 9.04. The molecule has 1 N–H and O–H groups in total. The Labute approximate surface area is 145 Å². The Kier molecular flexibility index (Phi) is 6.04. The number of halogens is 2. The van der Waals surface area contributed by atoms with E-state index in [1.807, 2.05) is 26.8 Å². The zero-order valence-corrected chi connectivity index (χ0v) is 14.5. The number of aryl methyl sites for hydroxylation is 3. The summed E-state index contributed by atoms with van der Waals surface area (Å²) in [6.45, 7) is 4.98. The van der Waals surface area contributed by atoms with Gasteiger partial charge < -0.3 is 9.47 Å². The van der Waals surface area contributed by atoms with Gasteiger partial charge in [0.15, 0.2) is 0 Å². The van der Waals surface area contributed by atoms with Crippen molar-refractivity contribution in [1.82, 2.24) is 0 Å². The van der Waals surface area contributed by atoms with E-state index < -0.39 is 13.0 Å².